The molecule has 1 saturated carbocycles. The summed E-state index contributed by atoms with van der Waals surface area (Å²) in [6.07, 6.45) is 8.29. The SMILES string of the molecule is CC(=O)Nc1ccc(/C=C/SN2CCC3(CC2)N=C(C2CCC(C)CC2)NC3=O)c(OC(C)C)c1. The number of rotatable bonds is 7. The van der Waals surface area contributed by atoms with Crippen molar-refractivity contribution < 1.29 is 14.3 Å². The first-order chi connectivity index (χ1) is 16.7. The van der Waals surface area contributed by atoms with Crippen LogP contribution in [0.3, 0.4) is 0 Å². The molecule has 1 spiro atoms. The topological polar surface area (TPSA) is 83.0 Å². The van der Waals surface area contributed by atoms with E-state index in [2.05, 4.69) is 27.3 Å². The fourth-order valence-electron chi connectivity index (χ4n) is 5.07. The molecular weight excluding hydrogens is 460 g/mol. The average molecular weight is 499 g/mol. The molecule has 2 amide bonds. The Kier molecular flexibility index (Phi) is 8.22. The largest absolute Gasteiger partial charge is 0.490 e. The van der Waals surface area contributed by atoms with Crippen molar-refractivity contribution in [3.63, 3.8) is 0 Å². The zero-order chi connectivity index (χ0) is 25.0. The third-order valence-electron chi connectivity index (χ3n) is 7.10. The number of nitrogens with zero attached hydrogens (tertiary/aromatic N) is 2. The average Bonchev–Trinajstić information content (AvgIpc) is 3.12. The number of benzene rings is 1. The molecule has 0 aromatic heterocycles. The molecule has 0 unspecified atom stereocenters. The van der Waals surface area contributed by atoms with Gasteiger partial charge in [-0.2, -0.15) is 0 Å². The number of aliphatic imine (C=N–C) groups is 1. The van der Waals surface area contributed by atoms with Crippen molar-refractivity contribution in [1.82, 2.24) is 9.62 Å². The maximum Gasteiger partial charge on any atom is 0.253 e. The van der Waals surface area contributed by atoms with Crippen molar-refractivity contribution in [2.24, 2.45) is 16.8 Å². The number of ether oxygens (including phenoxy) is 1. The molecule has 2 fully saturated rings. The van der Waals surface area contributed by atoms with E-state index in [0.717, 1.165) is 67.5 Å². The Hall–Kier alpha value is -2.32. The number of anilines is 1. The second-order valence-electron chi connectivity index (χ2n) is 10.4. The zero-order valence-electron chi connectivity index (χ0n) is 21.3. The number of piperidine rings is 1. The van der Waals surface area contributed by atoms with Crippen LogP contribution in [0.15, 0.2) is 28.6 Å². The van der Waals surface area contributed by atoms with Crippen molar-refractivity contribution >= 4 is 41.4 Å². The number of nitrogens with one attached hydrogen (secondary N) is 2. The van der Waals surface area contributed by atoms with E-state index >= 15 is 0 Å². The second kappa shape index (κ2) is 11.2. The highest BCUT2D eigenvalue weighted by atomic mass is 32.2. The minimum absolute atomic E-state index is 0.0284. The van der Waals surface area contributed by atoms with Crippen LogP contribution in [0.4, 0.5) is 5.69 Å². The standard InChI is InChI=1S/C27H38N4O3S/c1-18(2)34-24-17-23(28-20(4)32)10-9-21(24)11-16-35-31-14-12-27(13-15-31)26(33)29-25(30-27)22-7-5-19(3)6-8-22/h9-11,16-19,22H,5-8,12-15H2,1-4H3,(H,28,32)(H,29,30,33)/b16-11+. The molecule has 35 heavy (non-hydrogen) atoms. The van der Waals surface area contributed by atoms with Gasteiger partial charge in [0.2, 0.25) is 5.91 Å². The summed E-state index contributed by atoms with van der Waals surface area (Å²) in [5, 5.41) is 8.02. The lowest BCUT2D eigenvalue weighted by atomic mass is 9.82. The van der Waals surface area contributed by atoms with Crippen LogP contribution in [0.5, 0.6) is 5.75 Å². The van der Waals surface area contributed by atoms with Gasteiger partial charge < -0.3 is 15.4 Å². The van der Waals surface area contributed by atoms with Crippen molar-refractivity contribution in [2.75, 3.05) is 18.4 Å². The van der Waals surface area contributed by atoms with Gasteiger partial charge in [0.05, 0.1) is 6.10 Å². The molecule has 3 aliphatic rings. The third-order valence-corrected chi connectivity index (χ3v) is 8.03. The summed E-state index contributed by atoms with van der Waals surface area (Å²) in [6, 6.07) is 5.69. The molecule has 2 aliphatic heterocycles. The lowest BCUT2D eigenvalue weighted by molar-refractivity contribution is -0.125. The van der Waals surface area contributed by atoms with Crippen molar-refractivity contribution in [2.45, 2.75) is 77.9 Å². The normalized spacial score (nSPS) is 24.6. The van der Waals surface area contributed by atoms with Crippen molar-refractivity contribution in [1.29, 1.82) is 0 Å². The quantitative estimate of drug-likeness (QED) is 0.503. The fourth-order valence-corrected chi connectivity index (χ4v) is 5.84. The molecule has 1 saturated heterocycles. The molecule has 190 valence electrons. The fraction of sp³-hybridized carbons (Fsp3) is 0.593. The first kappa shape index (κ1) is 25.8. The van der Waals surface area contributed by atoms with E-state index in [9.17, 15) is 9.59 Å². The Morgan fingerprint density at radius 2 is 1.97 bits per heavy atom. The maximum atomic E-state index is 12.9. The molecule has 0 bridgehead atoms. The summed E-state index contributed by atoms with van der Waals surface area (Å²) in [6.45, 7) is 9.41. The second-order valence-corrected chi connectivity index (χ2v) is 11.4. The van der Waals surface area contributed by atoms with Gasteiger partial charge in [0, 0.05) is 43.2 Å². The summed E-state index contributed by atoms with van der Waals surface area (Å²) in [5.74, 6) is 2.88. The van der Waals surface area contributed by atoms with E-state index in [0.29, 0.717) is 5.92 Å². The van der Waals surface area contributed by atoms with E-state index in [-0.39, 0.29) is 17.9 Å². The number of carbonyl (C=O) groups excluding carboxylic acids is 2. The van der Waals surface area contributed by atoms with Gasteiger partial charge in [-0.3, -0.25) is 14.6 Å². The molecular formula is C27H38N4O3S. The lowest BCUT2D eigenvalue weighted by Crippen LogP contribution is -2.47. The molecule has 0 atom stereocenters. The molecule has 1 aromatic carbocycles. The summed E-state index contributed by atoms with van der Waals surface area (Å²) in [7, 11) is 0. The Morgan fingerprint density at radius 3 is 2.63 bits per heavy atom. The number of hydrogen-bond acceptors (Lipinski definition) is 6. The Balaban J connectivity index is 1.34. The number of amidine groups is 1. The van der Waals surface area contributed by atoms with Gasteiger partial charge in [-0.1, -0.05) is 31.7 Å². The van der Waals surface area contributed by atoms with Crippen LogP contribution >= 0.6 is 11.9 Å². The van der Waals surface area contributed by atoms with Crippen LogP contribution in [0.25, 0.3) is 6.08 Å². The minimum Gasteiger partial charge on any atom is -0.490 e. The predicted molar refractivity (Wildman–Crippen MR) is 143 cm³/mol. The molecule has 8 heteroatoms. The van der Waals surface area contributed by atoms with E-state index < -0.39 is 5.54 Å². The molecule has 2 N–H and O–H groups in total. The minimum atomic E-state index is -0.572. The monoisotopic (exact) mass is 498 g/mol. The first-order valence-electron chi connectivity index (χ1n) is 12.8. The van der Waals surface area contributed by atoms with Gasteiger partial charge >= 0.3 is 0 Å². The number of carbonyl (C=O) groups is 2. The summed E-state index contributed by atoms with van der Waals surface area (Å²) >= 11 is 1.65. The Labute approximate surface area is 213 Å². The van der Waals surface area contributed by atoms with Crippen LogP contribution in [0, 0.1) is 11.8 Å². The van der Waals surface area contributed by atoms with Crippen LogP contribution in [0.2, 0.25) is 0 Å². The van der Waals surface area contributed by atoms with E-state index in [4.69, 9.17) is 9.73 Å². The number of hydrogen-bond donors (Lipinski definition) is 2. The van der Waals surface area contributed by atoms with E-state index in [1.165, 1.54) is 19.8 Å². The Bertz CT molecular complexity index is 990. The van der Waals surface area contributed by atoms with Gasteiger partial charge in [0.1, 0.15) is 17.1 Å². The molecule has 4 rings (SSSR count). The summed E-state index contributed by atoms with van der Waals surface area (Å²) in [5.41, 5.74) is 1.11. The predicted octanol–water partition coefficient (Wildman–Crippen LogP) is 5.24. The lowest BCUT2D eigenvalue weighted by Gasteiger charge is -2.34. The van der Waals surface area contributed by atoms with Gasteiger partial charge in [-0.15, -0.1) is 0 Å². The van der Waals surface area contributed by atoms with Crippen LogP contribution in [-0.4, -0.2) is 46.7 Å². The summed E-state index contributed by atoms with van der Waals surface area (Å²) < 4.78 is 8.26. The van der Waals surface area contributed by atoms with Gasteiger partial charge in [0.25, 0.3) is 5.91 Å². The molecule has 1 aliphatic carbocycles. The molecule has 7 nitrogen and oxygen atoms in total. The molecule has 2 heterocycles. The van der Waals surface area contributed by atoms with E-state index in [1.807, 2.05) is 38.1 Å². The summed E-state index contributed by atoms with van der Waals surface area (Å²) in [4.78, 5) is 29.3. The zero-order valence-corrected chi connectivity index (χ0v) is 22.1. The molecule has 0 radical (unpaired) electrons. The van der Waals surface area contributed by atoms with Crippen LogP contribution in [0.1, 0.15) is 71.8 Å². The Morgan fingerprint density at radius 1 is 1.26 bits per heavy atom. The number of amides is 2. The first-order valence-corrected chi connectivity index (χ1v) is 13.7. The van der Waals surface area contributed by atoms with Crippen molar-refractivity contribution in [3.8, 4) is 5.75 Å². The molecule has 1 aromatic rings. The van der Waals surface area contributed by atoms with Gasteiger partial charge in [0.15, 0.2) is 0 Å². The third kappa shape index (κ3) is 6.47. The van der Waals surface area contributed by atoms with Gasteiger partial charge in [-0.05, 0) is 69.1 Å². The maximum absolute atomic E-state index is 12.9. The van der Waals surface area contributed by atoms with Crippen LogP contribution < -0.4 is 15.4 Å². The highest BCUT2D eigenvalue weighted by Gasteiger charge is 2.47. The van der Waals surface area contributed by atoms with Gasteiger partial charge in [-0.25, -0.2) is 4.31 Å². The van der Waals surface area contributed by atoms with Crippen molar-refractivity contribution in [3.05, 3.63) is 29.2 Å². The highest BCUT2D eigenvalue weighted by Crippen LogP contribution is 2.37. The van der Waals surface area contributed by atoms with E-state index in [1.54, 1.807) is 11.9 Å². The van der Waals surface area contributed by atoms with Crippen LogP contribution in [-0.2, 0) is 9.59 Å². The highest BCUT2D eigenvalue weighted by molar-refractivity contribution is 8.00. The smallest absolute Gasteiger partial charge is 0.253 e.